The van der Waals surface area contributed by atoms with Gasteiger partial charge in [-0.25, -0.2) is 4.98 Å². The molecule has 1 aliphatic rings. The fourth-order valence-electron chi connectivity index (χ4n) is 3.14. The summed E-state index contributed by atoms with van der Waals surface area (Å²) in [7, 11) is 2.20. The number of hydrogen-bond donors (Lipinski definition) is 1. The Kier molecular flexibility index (Phi) is 5.26. The molecule has 1 fully saturated rings. The van der Waals surface area contributed by atoms with Gasteiger partial charge in [0.05, 0.1) is 0 Å². The lowest BCUT2D eigenvalue weighted by atomic mass is 9.85. The van der Waals surface area contributed by atoms with Gasteiger partial charge in [-0.05, 0) is 51.2 Å². The molecule has 1 aromatic rings. The van der Waals surface area contributed by atoms with Crippen molar-refractivity contribution < 1.29 is 0 Å². The Hall–Kier alpha value is -1.09. The zero-order valence-corrected chi connectivity index (χ0v) is 14.3. The lowest BCUT2D eigenvalue weighted by molar-refractivity contribution is 0.320. The fraction of sp³-hybridized carbons (Fsp3) is 0.722. The number of pyridine rings is 1. The van der Waals surface area contributed by atoms with Gasteiger partial charge >= 0.3 is 0 Å². The van der Waals surface area contributed by atoms with Crippen LogP contribution in [0.3, 0.4) is 0 Å². The maximum atomic E-state index is 4.67. The molecule has 118 valence electrons. The summed E-state index contributed by atoms with van der Waals surface area (Å²) >= 11 is 0. The van der Waals surface area contributed by atoms with Crippen LogP contribution in [0.15, 0.2) is 18.3 Å². The van der Waals surface area contributed by atoms with Crippen molar-refractivity contribution >= 4 is 5.82 Å². The van der Waals surface area contributed by atoms with Crippen LogP contribution in [-0.2, 0) is 6.54 Å². The van der Waals surface area contributed by atoms with E-state index in [-0.39, 0.29) is 5.54 Å². The maximum absolute atomic E-state index is 4.67. The van der Waals surface area contributed by atoms with Crippen molar-refractivity contribution in [1.82, 2.24) is 10.3 Å². The number of anilines is 1. The molecule has 1 aliphatic carbocycles. The van der Waals surface area contributed by atoms with E-state index in [1.165, 1.54) is 31.2 Å². The van der Waals surface area contributed by atoms with Crippen molar-refractivity contribution in [2.45, 2.75) is 71.5 Å². The highest BCUT2D eigenvalue weighted by Crippen LogP contribution is 2.29. The molecule has 0 aliphatic heterocycles. The summed E-state index contributed by atoms with van der Waals surface area (Å²) in [5.41, 5.74) is 1.39. The Morgan fingerprint density at radius 2 is 1.95 bits per heavy atom. The van der Waals surface area contributed by atoms with E-state index in [1.807, 2.05) is 6.20 Å². The van der Waals surface area contributed by atoms with E-state index in [0.717, 1.165) is 18.3 Å². The average Bonchev–Trinajstić information content (AvgIpc) is 2.45. The van der Waals surface area contributed by atoms with Crippen molar-refractivity contribution in [2.75, 3.05) is 11.9 Å². The van der Waals surface area contributed by atoms with Gasteiger partial charge in [-0.15, -0.1) is 0 Å². The van der Waals surface area contributed by atoms with E-state index in [0.29, 0.717) is 6.04 Å². The molecule has 1 aromatic heterocycles. The molecule has 0 radical (unpaired) electrons. The van der Waals surface area contributed by atoms with Gasteiger partial charge < -0.3 is 10.2 Å². The van der Waals surface area contributed by atoms with Gasteiger partial charge in [-0.1, -0.05) is 25.8 Å². The number of nitrogens with zero attached hydrogens (tertiary/aromatic N) is 2. The summed E-state index contributed by atoms with van der Waals surface area (Å²) in [4.78, 5) is 7.05. The summed E-state index contributed by atoms with van der Waals surface area (Å²) in [6.07, 6.45) is 7.40. The van der Waals surface area contributed by atoms with Crippen LogP contribution in [0.4, 0.5) is 5.82 Å². The van der Waals surface area contributed by atoms with Crippen LogP contribution in [0.1, 0.15) is 58.9 Å². The molecule has 1 heterocycles. The predicted molar refractivity (Wildman–Crippen MR) is 90.7 cm³/mol. The van der Waals surface area contributed by atoms with Gasteiger partial charge in [0.15, 0.2) is 0 Å². The second-order valence-electron chi connectivity index (χ2n) is 7.57. The number of nitrogens with one attached hydrogen (secondary N) is 1. The molecule has 2 unspecified atom stereocenters. The molecule has 3 nitrogen and oxygen atoms in total. The minimum atomic E-state index is 0.146. The van der Waals surface area contributed by atoms with E-state index in [1.54, 1.807) is 0 Å². The van der Waals surface area contributed by atoms with Crippen LogP contribution in [-0.4, -0.2) is 23.6 Å². The highest BCUT2D eigenvalue weighted by molar-refractivity contribution is 5.40. The molecule has 0 aromatic carbocycles. The largest absolute Gasteiger partial charge is 0.356 e. The van der Waals surface area contributed by atoms with Crippen molar-refractivity contribution in [3.05, 3.63) is 23.9 Å². The lowest BCUT2D eigenvalue weighted by Crippen LogP contribution is -2.39. The summed E-state index contributed by atoms with van der Waals surface area (Å²) in [6, 6.07) is 5.01. The van der Waals surface area contributed by atoms with E-state index >= 15 is 0 Å². The number of aromatic nitrogens is 1. The van der Waals surface area contributed by atoms with Crippen LogP contribution in [0.5, 0.6) is 0 Å². The molecule has 1 N–H and O–H groups in total. The summed E-state index contributed by atoms with van der Waals surface area (Å²) in [6.45, 7) is 9.81. The summed E-state index contributed by atoms with van der Waals surface area (Å²) in [5.74, 6) is 1.88. The first-order valence-corrected chi connectivity index (χ1v) is 8.29. The molecule has 0 saturated heterocycles. The Morgan fingerprint density at radius 1 is 1.24 bits per heavy atom. The molecule has 0 amide bonds. The third kappa shape index (κ3) is 4.70. The molecule has 2 atom stereocenters. The molecular formula is C18H31N3. The molecular weight excluding hydrogens is 258 g/mol. The highest BCUT2D eigenvalue weighted by atomic mass is 15.2. The first kappa shape index (κ1) is 16.3. The van der Waals surface area contributed by atoms with E-state index in [2.05, 4.69) is 62.1 Å². The maximum Gasteiger partial charge on any atom is 0.128 e. The first-order valence-electron chi connectivity index (χ1n) is 8.29. The number of hydrogen-bond acceptors (Lipinski definition) is 3. The minimum Gasteiger partial charge on any atom is -0.356 e. The minimum absolute atomic E-state index is 0.146. The molecule has 0 spiro atoms. The molecule has 0 bridgehead atoms. The van der Waals surface area contributed by atoms with Gasteiger partial charge in [-0.2, -0.15) is 0 Å². The SMILES string of the molecule is CC1CCCCC1N(C)c1ccc(CNC(C)(C)C)cn1. The van der Waals surface area contributed by atoms with Crippen molar-refractivity contribution in [3.8, 4) is 0 Å². The fourth-order valence-corrected chi connectivity index (χ4v) is 3.14. The van der Waals surface area contributed by atoms with Crippen molar-refractivity contribution in [2.24, 2.45) is 5.92 Å². The van der Waals surface area contributed by atoms with Crippen LogP contribution in [0.2, 0.25) is 0 Å². The third-order valence-corrected chi connectivity index (χ3v) is 4.56. The Labute approximate surface area is 130 Å². The monoisotopic (exact) mass is 289 g/mol. The lowest BCUT2D eigenvalue weighted by Gasteiger charge is -2.37. The molecule has 1 saturated carbocycles. The second kappa shape index (κ2) is 6.78. The van der Waals surface area contributed by atoms with Crippen molar-refractivity contribution in [3.63, 3.8) is 0 Å². The zero-order valence-electron chi connectivity index (χ0n) is 14.3. The predicted octanol–water partition coefficient (Wildman–Crippen LogP) is 3.98. The van der Waals surface area contributed by atoms with Gasteiger partial charge in [0, 0.05) is 31.4 Å². The van der Waals surface area contributed by atoms with Crippen LogP contribution in [0, 0.1) is 5.92 Å². The quantitative estimate of drug-likeness (QED) is 0.908. The van der Waals surface area contributed by atoms with Gasteiger partial charge in [0.1, 0.15) is 5.82 Å². The summed E-state index contributed by atoms with van der Waals surface area (Å²) in [5, 5.41) is 3.50. The van der Waals surface area contributed by atoms with Gasteiger partial charge in [-0.3, -0.25) is 0 Å². The molecule has 3 heteroatoms. The van der Waals surface area contributed by atoms with E-state index in [4.69, 9.17) is 0 Å². The average molecular weight is 289 g/mol. The second-order valence-corrected chi connectivity index (χ2v) is 7.57. The van der Waals surface area contributed by atoms with Gasteiger partial charge in [0.25, 0.3) is 0 Å². The normalized spacial score (nSPS) is 23.1. The van der Waals surface area contributed by atoms with E-state index < -0.39 is 0 Å². The van der Waals surface area contributed by atoms with Crippen LogP contribution >= 0.6 is 0 Å². The van der Waals surface area contributed by atoms with Crippen molar-refractivity contribution in [1.29, 1.82) is 0 Å². The molecule has 21 heavy (non-hydrogen) atoms. The van der Waals surface area contributed by atoms with E-state index in [9.17, 15) is 0 Å². The topological polar surface area (TPSA) is 28.2 Å². The standard InChI is InChI=1S/C18H31N3/c1-14-8-6-7-9-16(14)21(5)17-11-10-15(12-19-17)13-20-18(2,3)4/h10-12,14,16,20H,6-9,13H2,1-5H3. The first-order chi connectivity index (χ1) is 9.87. The zero-order chi connectivity index (χ0) is 15.5. The Bertz CT molecular complexity index is 433. The van der Waals surface area contributed by atoms with Gasteiger partial charge in [0.2, 0.25) is 0 Å². The molecule has 2 rings (SSSR count). The highest BCUT2D eigenvalue weighted by Gasteiger charge is 2.25. The van der Waals surface area contributed by atoms with Crippen LogP contribution in [0.25, 0.3) is 0 Å². The third-order valence-electron chi connectivity index (χ3n) is 4.56. The number of rotatable bonds is 4. The van der Waals surface area contributed by atoms with Crippen LogP contribution < -0.4 is 10.2 Å². The Morgan fingerprint density at radius 3 is 2.52 bits per heavy atom. The smallest absolute Gasteiger partial charge is 0.128 e. The summed E-state index contributed by atoms with van der Waals surface area (Å²) < 4.78 is 0. The Balaban J connectivity index is 1.97.